The molecule has 1 saturated heterocycles. The molecule has 1 aliphatic rings. The van der Waals surface area contributed by atoms with Crippen molar-refractivity contribution in [3.8, 4) is 0 Å². The van der Waals surface area contributed by atoms with Crippen LogP contribution in [0.3, 0.4) is 0 Å². The van der Waals surface area contributed by atoms with Gasteiger partial charge in [-0.15, -0.1) is 11.8 Å². The number of benzene rings is 1. The third-order valence-electron chi connectivity index (χ3n) is 3.56. The molecule has 2 nitrogen and oxygen atoms in total. The number of amides is 1. The van der Waals surface area contributed by atoms with Gasteiger partial charge < -0.3 is 4.90 Å². The lowest BCUT2D eigenvalue weighted by molar-refractivity contribution is -0.131. The van der Waals surface area contributed by atoms with Gasteiger partial charge in [0, 0.05) is 18.7 Å². The van der Waals surface area contributed by atoms with Crippen molar-refractivity contribution in [2.75, 3.05) is 12.3 Å². The molecule has 1 fully saturated rings. The standard InChI is InChI=1S/C16H23NOS/c1-4-5-15(18)17-10-11-19-16(17)14-8-6-13(7-9-14)12(2)3/h6-9,12,16H,4-5,10-11H2,1-3H3. The number of hydrogen-bond acceptors (Lipinski definition) is 2. The third-order valence-corrected chi connectivity index (χ3v) is 4.82. The van der Waals surface area contributed by atoms with Gasteiger partial charge in [0.25, 0.3) is 0 Å². The Labute approximate surface area is 120 Å². The van der Waals surface area contributed by atoms with Crippen LogP contribution in [0.25, 0.3) is 0 Å². The topological polar surface area (TPSA) is 20.3 Å². The molecule has 104 valence electrons. The van der Waals surface area contributed by atoms with Crippen LogP contribution in [0.2, 0.25) is 0 Å². The minimum absolute atomic E-state index is 0.222. The van der Waals surface area contributed by atoms with Crippen molar-refractivity contribution in [3.05, 3.63) is 35.4 Å². The number of hydrogen-bond donors (Lipinski definition) is 0. The summed E-state index contributed by atoms with van der Waals surface area (Å²) in [6, 6.07) is 8.76. The summed E-state index contributed by atoms with van der Waals surface area (Å²) in [6.45, 7) is 7.36. The van der Waals surface area contributed by atoms with Gasteiger partial charge in [-0.3, -0.25) is 4.79 Å². The first-order valence-corrected chi connectivity index (χ1v) is 8.19. The molecular weight excluding hydrogens is 254 g/mol. The van der Waals surface area contributed by atoms with Crippen LogP contribution in [0.1, 0.15) is 56.0 Å². The van der Waals surface area contributed by atoms with Crippen molar-refractivity contribution in [1.29, 1.82) is 0 Å². The predicted octanol–water partition coefficient (Wildman–Crippen LogP) is 4.18. The van der Waals surface area contributed by atoms with Crippen molar-refractivity contribution < 1.29 is 4.79 Å². The summed E-state index contributed by atoms with van der Waals surface area (Å²) in [6.07, 6.45) is 1.60. The van der Waals surface area contributed by atoms with Crippen LogP contribution < -0.4 is 0 Å². The van der Waals surface area contributed by atoms with E-state index >= 15 is 0 Å². The first kappa shape index (κ1) is 14.4. The quantitative estimate of drug-likeness (QED) is 0.822. The van der Waals surface area contributed by atoms with E-state index in [0.29, 0.717) is 18.2 Å². The molecule has 1 unspecified atom stereocenters. The highest BCUT2D eigenvalue weighted by atomic mass is 32.2. The fraction of sp³-hybridized carbons (Fsp3) is 0.562. The minimum Gasteiger partial charge on any atom is -0.326 e. The number of nitrogens with zero attached hydrogens (tertiary/aromatic N) is 1. The van der Waals surface area contributed by atoms with Crippen LogP contribution in [0.15, 0.2) is 24.3 Å². The maximum atomic E-state index is 12.1. The fourth-order valence-electron chi connectivity index (χ4n) is 2.40. The number of thioether (sulfide) groups is 1. The van der Waals surface area contributed by atoms with E-state index < -0.39 is 0 Å². The van der Waals surface area contributed by atoms with Crippen LogP contribution >= 0.6 is 11.8 Å². The molecule has 1 aromatic rings. The van der Waals surface area contributed by atoms with Gasteiger partial charge >= 0.3 is 0 Å². The van der Waals surface area contributed by atoms with Crippen LogP contribution in [-0.4, -0.2) is 23.1 Å². The van der Waals surface area contributed by atoms with Crippen LogP contribution in [0, 0.1) is 0 Å². The van der Waals surface area contributed by atoms with Crippen molar-refractivity contribution in [3.63, 3.8) is 0 Å². The lowest BCUT2D eigenvalue weighted by Crippen LogP contribution is -2.30. The average Bonchev–Trinajstić information content (AvgIpc) is 2.88. The molecule has 0 spiro atoms. The van der Waals surface area contributed by atoms with Gasteiger partial charge in [-0.05, 0) is 23.5 Å². The monoisotopic (exact) mass is 277 g/mol. The van der Waals surface area contributed by atoms with Crippen molar-refractivity contribution in [1.82, 2.24) is 4.90 Å². The first-order valence-electron chi connectivity index (χ1n) is 7.14. The van der Waals surface area contributed by atoms with Crippen LogP contribution in [-0.2, 0) is 4.79 Å². The zero-order valence-electron chi connectivity index (χ0n) is 12.1. The molecule has 1 atom stereocenters. The van der Waals surface area contributed by atoms with Crippen LogP contribution in [0.5, 0.6) is 0 Å². The smallest absolute Gasteiger partial charge is 0.223 e. The van der Waals surface area contributed by atoms with E-state index in [0.717, 1.165) is 18.7 Å². The Morgan fingerprint density at radius 3 is 2.63 bits per heavy atom. The van der Waals surface area contributed by atoms with Crippen molar-refractivity contribution >= 4 is 17.7 Å². The largest absolute Gasteiger partial charge is 0.326 e. The molecule has 0 radical (unpaired) electrons. The van der Waals surface area contributed by atoms with Gasteiger partial charge in [0.15, 0.2) is 0 Å². The Morgan fingerprint density at radius 1 is 1.37 bits per heavy atom. The Morgan fingerprint density at radius 2 is 2.05 bits per heavy atom. The molecule has 1 heterocycles. The van der Waals surface area contributed by atoms with E-state index in [1.165, 1.54) is 11.1 Å². The van der Waals surface area contributed by atoms with Crippen LogP contribution in [0.4, 0.5) is 0 Å². The van der Waals surface area contributed by atoms with Gasteiger partial charge in [0.1, 0.15) is 5.37 Å². The molecular formula is C16H23NOS. The zero-order valence-corrected chi connectivity index (χ0v) is 12.9. The molecule has 0 saturated carbocycles. The van der Waals surface area contributed by atoms with Crippen molar-refractivity contribution in [2.45, 2.75) is 44.9 Å². The van der Waals surface area contributed by atoms with Gasteiger partial charge in [-0.1, -0.05) is 45.0 Å². The Kier molecular flexibility index (Phi) is 4.92. The lowest BCUT2D eigenvalue weighted by Gasteiger charge is -2.24. The van der Waals surface area contributed by atoms with E-state index in [2.05, 4.69) is 45.0 Å². The summed E-state index contributed by atoms with van der Waals surface area (Å²) in [4.78, 5) is 14.2. The highest BCUT2D eigenvalue weighted by Crippen LogP contribution is 2.38. The van der Waals surface area contributed by atoms with Gasteiger partial charge in [0.2, 0.25) is 5.91 Å². The number of rotatable bonds is 4. The molecule has 0 aromatic heterocycles. The van der Waals surface area contributed by atoms with E-state index in [1.54, 1.807) is 0 Å². The average molecular weight is 277 g/mol. The molecule has 1 aliphatic heterocycles. The molecule has 3 heteroatoms. The summed E-state index contributed by atoms with van der Waals surface area (Å²) >= 11 is 1.88. The highest BCUT2D eigenvalue weighted by molar-refractivity contribution is 7.99. The number of carbonyl (C=O) groups is 1. The fourth-order valence-corrected chi connectivity index (χ4v) is 3.68. The Balaban J connectivity index is 2.13. The highest BCUT2D eigenvalue weighted by Gasteiger charge is 2.29. The molecule has 1 aromatic carbocycles. The van der Waals surface area contributed by atoms with E-state index in [1.807, 2.05) is 16.7 Å². The second kappa shape index (κ2) is 6.47. The SMILES string of the molecule is CCCC(=O)N1CCSC1c1ccc(C(C)C)cc1. The molecule has 0 N–H and O–H groups in total. The van der Waals surface area contributed by atoms with Gasteiger partial charge in [-0.2, -0.15) is 0 Å². The van der Waals surface area contributed by atoms with E-state index in [-0.39, 0.29) is 5.37 Å². The summed E-state index contributed by atoms with van der Waals surface area (Å²) in [5.74, 6) is 1.90. The second-order valence-electron chi connectivity index (χ2n) is 5.38. The number of carbonyl (C=O) groups excluding carboxylic acids is 1. The third kappa shape index (κ3) is 3.33. The Bertz CT molecular complexity index is 427. The first-order chi connectivity index (χ1) is 9.13. The maximum absolute atomic E-state index is 12.1. The predicted molar refractivity (Wildman–Crippen MR) is 82.4 cm³/mol. The van der Waals surface area contributed by atoms with E-state index in [4.69, 9.17) is 0 Å². The lowest BCUT2D eigenvalue weighted by atomic mass is 10.0. The normalized spacial score (nSPS) is 19.2. The molecule has 0 aliphatic carbocycles. The molecule has 1 amide bonds. The summed E-state index contributed by atoms with van der Waals surface area (Å²) < 4.78 is 0. The second-order valence-corrected chi connectivity index (χ2v) is 6.57. The van der Waals surface area contributed by atoms with E-state index in [9.17, 15) is 4.79 Å². The molecule has 19 heavy (non-hydrogen) atoms. The maximum Gasteiger partial charge on any atom is 0.223 e. The minimum atomic E-state index is 0.222. The van der Waals surface area contributed by atoms with Gasteiger partial charge in [-0.25, -0.2) is 0 Å². The zero-order chi connectivity index (χ0) is 13.8. The van der Waals surface area contributed by atoms with Crippen molar-refractivity contribution in [2.24, 2.45) is 0 Å². The summed E-state index contributed by atoms with van der Waals surface area (Å²) in [7, 11) is 0. The van der Waals surface area contributed by atoms with Gasteiger partial charge in [0.05, 0.1) is 0 Å². The Hall–Kier alpha value is -0.960. The summed E-state index contributed by atoms with van der Waals surface area (Å²) in [5.41, 5.74) is 2.62. The molecule has 2 rings (SSSR count). The molecule has 0 bridgehead atoms. The summed E-state index contributed by atoms with van der Waals surface area (Å²) in [5, 5.41) is 0.222.